The molecule has 0 radical (unpaired) electrons. The summed E-state index contributed by atoms with van der Waals surface area (Å²) >= 11 is 0. The van der Waals surface area contributed by atoms with Crippen LogP contribution in [0.15, 0.2) is 16.7 Å². The first-order chi connectivity index (χ1) is 9.19. The van der Waals surface area contributed by atoms with E-state index in [1.54, 1.807) is 0 Å². The molecular formula is C15H18N2O2. The molecule has 1 aliphatic carbocycles. The first-order valence-electron chi connectivity index (χ1n) is 6.81. The molecule has 2 heterocycles. The van der Waals surface area contributed by atoms with Crippen LogP contribution in [0.5, 0.6) is 0 Å². The van der Waals surface area contributed by atoms with E-state index < -0.39 is 0 Å². The minimum absolute atomic E-state index is 0.445. The molecule has 0 atom stereocenters. The Hall–Kier alpha value is -1.84. The molecule has 3 rings (SSSR count). The molecule has 1 aliphatic rings. The lowest BCUT2D eigenvalue weighted by Crippen LogP contribution is -2.04. The second-order valence-corrected chi connectivity index (χ2v) is 5.30. The number of aldehydes is 1. The molecule has 0 spiro atoms. The van der Waals surface area contributed by atoms with Crippen LogP contribution in [0.3, 0.4) is 0 Å². The van der Waals surface area contributed by atoms with Crippen molar-refractivity contribution in [1.29, 1.82) is 0 Å². The lowest BCUT2D eigenvalue weighted by molar-refractivity contribution is 0.112. The van der Waals surface area contributed by atoms with E-state index in [0.29, 0.717) is 11.6 Å². The van der Waals surface area contributed by atoms with E-state index in [0.717, 1.165) is 41.9 Å². The van der Waals surface area contributed by atoms with Gasteiger partial charge in [-0.3, -0.25) is 9.48 Å². The van der Waals surface area contributed by atoms with Gasteiger partial charge < -0.3 is 4.42 Å². The van der Waals surface area contributed by atoms with Crippen molar-refractivity contribution in [2.75, 3.05) is 0 Å². The SMILES string of the molecule is Cc1cc(-c2nn(C3CCCC3)cc2C=O)c(C)o1. The molecule has 100 valence electrons. The highest BCUT2D eigenvalue weighted by atomic mass is 16.3. The Balaban J connectivity index is 2.05. The number of aromatic nitrogens is 2. The molecule has 4 nitrogen and oxygen atoms in total. The topological polar surface area (TPSA) is 48.0 Å². The summed E-state index contributed by atoms with van der Waals surface area (Å²) in [6, 6.07) is 2.39. The zero-order chi connectivity index (χ0) is 13.4. The van der Waals surface area contributed by atoms with Crippen LogP contribution in [0.4, 0.5) is 0 Å². The molecule has 0 aromatic carbocycles. The van der Waals surface area contributed by atoms with Crippen molar-refractivity contribution in [3.8, 4) is 11.3 Å². The Bertz CT molecular complexity index is 604. The van der Waals surface area contributed by atoms with Crippen LogP contribution in [-0.2, 0) is 0 Å². The van der Waals surface area contributed by atoms with Gasteiger partial charge in [-0.25, -0.2) is 0 Å². The fraction of sp³-hybridized carbons (Fsp3) is 0.467. The number of carbonyl (C=O) groups excluding carboxylic acids is 1. The van der Waals surface area contributed by atoms with Gasteiger partial charge in [-0.1, -0.05) is 12.8 Å². The van der Waals surface area contributed by atoms with Gasteiger partial charge in [0.05, 0.1) is 11.6 Å². The van der Waals surface area contributed by atoms with Crippen molar-refractivity contribution >= 4 is 6.29 Å². The molecule has 0 N–H and O–H groups in total. The molecule has 1 fully saturated rings. The van der Waals surface area contributed by atoms with Gasteiger partial charge in [0.2, 0.25) is 0 Å². The minimum atomic E-state index is 0.445. The smallest absolute Gasteiger partial charge is 0.153 e. The third-order valence-corrected chi connectivity index (χ3v) is 3.88. The summed E-state index contributed by atoms with van der Waals surface area (Å²) in [5.41, 5.74) is 2.32. The monoisotopic (exact) mass is 258 g/mol. The largest absolute Gasteiger partial charge is 0.466 e. The van der Waals surface area contributed by atoms with Gasteiger partial charge in [0, 0.05) is 11.8 Å². The number of furan rings is 1. The van der Waals surface area contributed by atoms with E-state index in [9.17, 15) is 4.79 Å². The molecule has 0 amide bonds. The van der Waals surface area contributed by atoms with E-state index >= 15 is 0 Å². The lowest BCUT2D eigenvalue weighted by atomic mass is 10.1. The van der Waals surface area contributed by atoms with Gasteiger partial charge in [0.1, 0.15) is 17.2 Å². The highest BCUT2D eigenvalue weighted by Crippen LogP contribution is 2.32. The van der Waals surface area contributed by atoms with E-state index in [1.807, 2.05) is 30.8 Å². The number of hydrogen-bond acceptors (Lipinski definition) is 3. The van der Waals surface area contributed by atoms with Crippen LogP contribution in [0.25, 0.3) is 11.3 Å². The standard InChI is InChI=1S/C15H18N2O2/c1-10-7-14(11(2)19-10)15-12(9-18)8-17(16-15)13-5-3-4-6-13/h7-9,13H,3-6H2,1-2H3. The molecule has 19 heavy (non-hydrogen) atoms. The molecule has 2 aromatic heterocycles. The fourth-order valence-corrected chi connectivity index (χ4v) is 2.92. The Morgan fingerprint density at radius 3 is 2.68 bits per heavy atom. The first-order valence-corrected chi connectivity index (χ1v) is 6.81. The second-order valence-electron chi connectivity index (χ2n) is 5.30. The Labute approximate surface area is 112 Å². The van der Waals surface area contributed by atoms with Crippen molar-refractivity contribution in [3.05, 3.63) is 29.3 Å². The van der Waals surface area contributed by atoms with Crippen LogP contribution >= 0.6 is 0 Å². The van der Waals surface area contributed by atoms with Crippen LogP contribution in [0.1, 0.15) is 53.6 Å². The van der Waals surface area contributed by atoms with Gasteiger partial charge in [-0.15, -0.1) is 0 Å². The van der Waals surface area contributed by atoms with Gasteiger partial charge in [-0.05, 0) is 32.8 Å². The summed E-state index contributed by atoms with van der Waals surface area (Å²) in [6.45, 7) is 3.82. The van der Waals surface area contributed by atoms with Gasteiger partial charge >= 0.3 is 0 Å². The minimum Gasteiger partial charge on any atom is -0.466 e. The Kier molecular flexibility index (Phi) is 3.01. The van der Waals surface area contributed by atoms with E-state index in [2.05, 4.69) is 5.10 Å². The number of nitrogens with zero attached hydrogens (tertiary/aromatic N) is 2. The highest BCUT2D eigenvalue weighted by Gasteiger charge is 2.22. The van der Waals surface area contributed by atoms with Gasteiger partial charge in [0.15, 0.2) is 6.29 Å². The molecular weight excluding hydrogens is 240 g/mol. The second kappa shape index (κ2) is 4.68. The molecule has 0 saturated heterocycles. The van der Waals surface area contributed by atoms with Crippen molar-refractivity contribution in [1.82, 2.24) is 9.78 Å². The third-order valence-electron chi connectivity index (χ3n) is 3.88. The molecule has 0 unspecified atom stereocenters. The first kappa shape index (κ1) is 12.2. The summed E-state index contributed by atoms with van der Waals surface area (Å²) in [7, 11) is 0. The zero-order valence-electron chi connectivity index (χ0n) is 11.3. The highest BCUT2D eigenvalue weighted by molar-refractivity contribution is 5.86. The van der Waals surface area contributed by atoms with Crippen LogP contribution in [-0.4, -0.2) is 16.1 Å². The maximum Gasteiger partial charge on any atom is 0.153 e. The summed E-state index contributed by atoms with van der Waals surface area (Å²) < 4.78 is 7.50. The quantitative estimate of drug-likeness (QED) is 0.789. The Morgan fingerprint density at radius 1 is 1.37 bits per heavy atom. The van der Waals surface area contributed by atoms with Crippen molar-refractivity contribution in [2.24, 2.45) is 0 Å². The molecule has 2 aromatic rings. The van der Waals surface area contributed by atoms with E-state index in [1.165, 1.54) is 12.8 Å². The van der Waals surface area contributed by atoms with Gasteiger partial charge in [-0.2, -0.15) is 5.10 Å². The average Bonchev–Trinajstić information content (AvgIpc) is 3.07. The predicted molar refractivity (Wildman–Crippen MR) is 72.3 cm³/mol. The van der Waals surface area contributed by atoms with Crippen molar-refractivity contribution in [2.45, 2.75) is 45.6 Å². The van der Waals surface area contributed by atoms with Crippen molar-refractivity contribution in [3.63, 3.8) is 0 Å². The maximum absolute atomic E-state index is 11.3. The lowest BCUT2D eigenvalue weighted by Gasteiger charge is -2.08. The van der Waals surface area contributed by atoms with Crippen LogP contribution in [0, 0.1) is 13.8 Å². The summed E-state index contributed by atoms with van der Waals surface area (Å²) in [4.78, 5) is 11.3. The van der Waals surface area contributed by atoms with E-state index in [4.69, 9.17) is 4.42 Å². The molecule has 1 saturated carbocycles. The van der Waals surface area contributed by atoms with E-state index in [-0.39, 0.29) is 0 Å². The third kappa shape index (κ3) is 2.11. The van der Waals surface area contributed by atoms with Crippen LogP contribution in [0.2, 0.25) is 0 Å². The number of carbonyl (C=O) groups is 1. The van der Waals surface area contributed by atoms with Gasteiger partial charge in [0.25, 0.3) is 0 Å². The number of rotatable bonds is 3. The maximum atomic E-state index is 11.3. The molecule has 4 heteroatoms. The Morgan fingerprint density at radius 2 is 2.11 bits per heavy atom. The predicted octanol–water partition coefficient (Wildman–Crippen LogP) is 3.69. The summed E-state index contributed by atoms with van der Waals surface area (Å²) in [5.74, 6) is 1.66. The summed E-state index contributed by atoms with van der Waals surface area (Å²) in [5, 5.41) is 4.63. The number of hydrogen-bond donors (Lipinski definition) is 0. The molecule has 0 bridgehead atoms. The normalized spacial score (nSPS) is 16.1. The molecule has 0 aliphatic heterocycles. The number of aryl methyl sites for hydroxylation is 2. The van der Waals surface area contributed by atoms with Crippen molar-refractivity contribution < 1.29 is 9.21 Å². The fourth-order valence-electron chi connectivity index (χ4n) is 2.92. The average molecular weight is 258 g/mol. The van der Waals surface area contributed by atoms with Crippen LogP contribution < -0.4 is 0 Å². The summed E-state index contributed by atoms with van der Waals surface area (Å²) in [6.07, 6.45) is 7.57. The zero-order valence-corrected chi connectivity index (χ0v) is 11.3.